The van der Waals surface area contributed by atoms with E-state index in [1.54, 1.807) is 12.1 Å². The number of benzene rings is 2. The van der Waals surface area contributed by atoms with Gasteiger partial charge in [0.2, 0.25) is 0 Å². The van der Waals surface area contributed by atoms with E-state index in [0.29, 0.717) is 37.4 Å². The zero-order chi connectivity index (χ0) is 18.1. The van der Waals surface area contributed by atoms with Crippen LogP contribution in [0.2, 0.25) is 0 Å². The summed E-state index contributed by atoms with van der Waals surface area (Å²) in [6.07, 6.45) is 0.603. The highest BCUT2D eigenvalue weighted by molar-refractivity contribution is 5.54. The van der Waals surface area contributed by atoms with Crippen molar-refractivity contribution in [1.82, 2.24) is 14.9 Å². The van der Waals surface area contributed by atoms with E-state index >= 15 is 0 Å². The minimum atomic E-state index is -0.124. The first-order valence-electron chi connectivity index (χ1n) is 8.51. The molecule has 0 saturated carbocycles. The fraction of sp³-hybridized carbons (Fsp3) is 0.200. The first kappa shape index (κ1) is 16.4. The molecule has 3 N–H and O–H groups in total. The Hall–Kier alpha value is -3.12. The van der Waals surface area contributed by atoms with E-state index in [0.717, 1.165) is 16.8 Å². The van der Waals surface area contributed by atoms with Gasteiger partial charge in [0.15, 0.2) is 11.5 Å². The average Bonchev–Trinajstić information content (AvgIpc) is 2.66. The number of hydrogen-bond donors (Lipinski definition) is 3. The van der Waals surface area contributed by atoms with Gasteiger partial charge in [0, 0.05) is 36.3 Å². The molecule has 6 nitrogen and oxygen atoms in total. The van der Waals surface area contributed by atoms with Crippen LogP contribution in [0.5, 0.6) is 11.5 Å². The van der Waals surface area contributed by atoms with Crippen LogP contribution in [0.4, 0.5) is 0 Å². The number of aromatic hydroxyl groups is 2. The average molecular weight is 349 g/mol. The van der Waals surface area contributed by atoms with Gasteiger partial charge in [-0.3, -0.25) is 9.69 Å². The maximum absolute atomic E-state index is 12.4. The molecule has 26 heavy (non-hydrogen) atoms. The highest BCUT2D eigenvalue weighted by atomic mass is 16.3. The van der Waals surface area contributed by atoms with Gasteiger partial charge in [-0.25, -0.2) is 4.98 Å². The molecule has 2 aromatic carbocycles. The minimum Gasteiger partial charge on any atom is -0.504 e. The van der Waals surface area contributed by atoms with Crippen LogP contribution in [0.15, 0.2) is 53.3 Å². The highest BCUT2D eigenvalue weighted by Gasteiger charge is 2.22. The summed E-state index contributed by atoms with van der Waals surface area (Å²) in [6.45, 7) is 1.69. The molecule has 0 fully saturated rings. The number of nitrogens with one attached hydrogen (secondary N) is 1. The van der Waals surface area contributed by atoms with E-state index in [9.17, 15) is 15.0 Å². The molecule has 6 heteroatoms. The van der Waals surface area contributed by atoms with E-state index in [1.807, 2.05) is 30.3 Å². The second kappa shape index (κ2) is 6.65. The molecule has 0 amide bonds. The predicted molar refractivity (Wildman–Crippen MR) is 97.9 cm³/mol. The smallest absolute Gasteiger partial charge is 0.254 e. The second-order valence-electron chi connectivity index (χ2n) is 6.45. The van der Waals surface area contributed by atoms with Crippen LogP contribution in [0.25, 0.3) is 11.4 Å². The number of fused-ring (bicyclic) bond motifs is 1. The maximum Gasteiger partial charge on any atom is 0.254 e. The van der Waals surface area contributed by atoms with Crippen LogP contribution in [-0.4, -0.2) is 31.6 Å². The molecule has 1 aliphatic heterocycles. The lowest BCUT2D eigenvalue weighted by molar-refractivity contribution is 0.236. The van der Waals surface area contributed by atoms with Gasteiger partial charge in [-0.1, -0.05) is 42.5 Å². The molecule has 0 saturated heterocycles. The minimum absolute atomic E-state index is 0.0892. The molecule has 3 aromatic rings. The standard InChI is InChI=1S/C20H19N3O3/c24-17-8-4-7-14(18(17)25)11-23-10-9-15-16(12-23)21-19(22-20(15)26)13-5-2-1-3-6-13/h1-8,24-25H,9-12H2,(H,21,22,26). The molecule has 2 heterocycles. The Bertz CT molecular complexity index is 999. The van der Waals surface area contributed by atoms with E-state index in [2.05, 4.69) is 14.9 Å². The number of aromatic nitrogens is 2. The number of aromatic amines is 1. The summed E-state index contributed by atoms with van der Waals surface area (Å²) in [5.41, 5.74) is 2.92. The van der Waals surface area contributed by atoms with Gasteiger partial charge in [-0.2, -0.15) is 0 Å². The van der Waals surface area contributed by atoms with Crippen LogP contribution >= 0.6 is 0 Å². The molecule has 0 spiro atoms. The van der Waals surface area contributed by atoms with Gasteiger partial charge in [0.1, 0.15) is 5.82 Å². The summed E-state index contributed by atoms with van der Waals surface area (Å²) < 4.78 is 0. The quantitative estimate of drug-likeness (QED) is 0.632. The number of hydrogen-bond acceptors (Lipinski definition) is 5. The predicted octanol–water partition coefficient (Wildman–Crippen LogP) is 2.41. The SMILES string of the molecule is O=c1[nH]c(-c2ccccc2)nc2c1CCN(Cc1cccc(O)c1O)C2. The van der Waals surface area contributed by atoms with Gasteiger partial charge in [0.25, 0.3) is 5.56 Å². The fourth-order valence-electron chi connectivity index (χ4n) is 3.31. The van der Waals surface area contributed by atoms with Gasteiger partial charge < -0.3 is 15.2 Å². The number of H-pyrrole nitrogens is 1. The Labute approximate surface area is 150 Å². The molecule has 1 aliphatic rings. The summed E-state index contributed by atoms with van der Waals surface area (Å²) in [5, 5.41) is 19.7. The molecule has 0 radical (unpaired) electrons. The Morgan fingerprint density at radius 3 is 2.69 bits per heavy atom. The van der Waals surface area contributed by atoms with Crippen molar-refractivity contribution in [2.45, 2.75) is 19.5 Å². The first-order valence-corrected chi connectivity index (χ1v) is 8.51. The summed E-state index contributed by atoms with van der Waals surface area (Å²) >= 11 is 0. The Morgan fingerprint density at radius 2 is 1.88 bits per heavy atom. The fourth-order valence-corrected chi connectivity index (χ4v) is 3.31. The molecular formula is C20H19N3O3. The van der Waals surface area contributed by atoms with Crippen molar-refractivity contribution >= 4 is 0 Å². The van der Waals surface area contributed by atoms with Crippen molar-refractivity contribution in [3.8, 4) is 22.9 Å². The third-order valence-electron chi connectivity index (χ3n) is 4.69. The lowest BCUT2D eigenvalue weighted by Crippen LogP contribution is -2.35. The largest absolute Gasteiger partial charge is 0.504 e. The molecule has 0 aliphatic carbocycles. The first-order chi connectivity index (χ1) is 12.6. The molecule has 4 rings (SSSR count). The lowest BCUT2D eigenvalue weighted by Gasteiger charge is -2.28. The zero-order valence-corrected chi connectivity index (χ0v) is 14.1. The van der Waals surface area contributed by atoms with Crippen molar-refractivity contribution in [3.05, 3.63) is 75.7 Å². The number of rotatable bonds is 3. The van der Waals surface area contributed by atoms with Crippen LogP contribution in [0.1, 0.15) is 16.8 Å². The summed E-state index contributed by atoms with van der Waals surface area (Å²) in [5.74, 6) is 0.347. The second-order valence-corrected chi connectivity index (χ2v) is 6.45. The molecule has 132 valence electrons. The van der Waals surface area contributed by atoms with E-state index in [4.69, 9.17) is 0 Å². The molecular weight excluding hydrogens is 330 g/mol. The summed E-state index contributed by atoms with van der Waals surface area (Å²) in [7, 11) is 0. The van der Waals surface area contributed by atoms with Crippen LogP contribution in [0.3, 0.4) is 0 Å². The van der Waals surface area contributed by atoms with Gasteiger partial charge in [0.05, 0.1) is 5.69 Å². The molecule has 0 bridgehead atoms. The van der Waals surface area contributed by atoms with E-state index in [1.165, 1.54) is 6.07 Å². The van der Waals surface area contributed by atoms with Gasteiger partial charge >= 0.3 is 0 Å². The van der Waals surface area contributed by atoms with Crippen molar-refractivity contribution in [2.75, 3.05) is 6.54 Å². The number of nitrogens with zero attached hydrogens (tertiary/aromatic N) is 2. The maximum atomic E-state index is 12.4. The van der Waals surface area contributed by atoms with Crippen molar-refractivity contribution in [2.24, 2.45) is 0 Å². The monoisotopic (exact) mass is 349 g/mol. The van der Waals surface area contributed by atoms with Crippen LogP contribution in [0, 0.1) is 0 Å². The molecule has 1 aromatic heterocycles. The molecule has 0 atom stereocenters. The summed E-state index contributed by atoms with van der Waals surface area (Å²) in [4.78, 5) is 22.1. The summed E-state index contributed by atoms with van der Waals surface area (Å²) in [6, 6.07) is 14.5. The molecule has 0 unspecified atom stereocenters. The van der Waals surface area contributed by atoms with Crippen molar-refractivity contribution in [3.63, 3.8) is 0 Å². The topological polar surface area (TPSA) is 89.5 Å². The van der Waals surface area contributed by atoms with Crippen molar-refractivity contribution in [1.29, 1.82) is 0 Å². The number of phenolic OH excluding ortho intramolecular Hbond substituents is 2. The Kier molecular flexibility index (Phi) is 4.18. The van der Waals surface area contributed by atoms with Crippen molar-refractivity contribution < 1.29 is 10.2 Å². The van der Waals surface area contributed by atoms with Crippen LogP contribution < -0.4 is 5.56 Å². The number of phenols is 2. The van der Waals surface area contributed by atoms with Gasteiger partial charge in [-0.15, -0.1) is 0 Å². The van der Waals surface area contributed by atoms with Crippen LogP contribution in [-0.2, 0) is 19.5 Å². The third kappa shape index (κ3) is 3.07. The normalized spacial score (nSPS) is 14.2. The number of para-hydroxylation sites is 1. The Balaban J connectivity index is 1.63. The zero-order valence-electron chi connectivity index (χ0n) is 14.1. The van der Waals surface area contributed by atoms with E-state index < -0.39 is 0 Å². The van der Waals surface area contributed by atoms with E-state index in [-0.39, 0.29) is 17.1 Å². The Morgan fingerprint density at radius 1 is 1.08 bits per heavy atom. The highest BCUT2D eigenvalue weighted by Crippen LogP contribution is 2.30. The van der Waals surface area contributed by atoms with Gasteiger partial charge in [-0.05, 0) is 12.5 Å². The third-order valence-corrected chi connectivity index (χ3v) is 4.69. The lowest BCUT2D eigenvalue weighted by atomic mass is 10.0.